The van der Waals surface area contributed by atoms with Crippen LogP contribution in [0.15, 0.2) is 53.0 Å². The summed E-state index contributed by atoms with van der Waals surface area (Å²) in [6.07, 6.45) is 1.12. The average Bonchev–Trinajstić information content (AvgIpc) is 2.43. The van der Waals surface area contributed by atoms with Crippen LogP contribution in [0.4, 0.5) is 5.69 Å². The molecule has 1 atom stereocenters. The van der Waals surface area contributed by atoms with E-state index in [-0.39, 0.29) is 0 Å². The van der Waals surface area contributed by atoms with E-state index in [1.54, 1.807) is 0 Å². The number of hydrogen-bond donors (Lipinski definition) is 1. The van der Waals surface area contributed by atoms with Crippen LogP contribution in [-0.4, -0.2) is 0 Å². The van der Waals surface area contributed by atoms with Crippen molar-refractivity contribution >= 4 is 21.6 Å². The minimum Gasteiger partial charge on any atom is -0.378 e. The summed E-state index contributed by atoms with van der Waals surface area (Å²) in [4.78, 5) is 0. The lowest BCUT2D eigenvalue weighted by Crippen LogP contribution is -2.13. The molecule has 0 fully saturated rings. The molecule has 2 heteroatoms. The van der Waals surface area contributed by atoms with Gasteiger partial charge in [0.15, 0.2) is 0 Å². The van der Waals surface area contributed by atoms with E-state index >= 15 is 0 Å². The zero-order chi connectivity index (χ0) is 14.5. The van der Waals surface area contributed by atoms with Crippen LogP contribution in [0.25, 0.3) is 0 Å². The lowest BCUT2D eigenvalue weighted by atomic mass is 9.96. The van der Waals surface area contributed by atoms with Crippen LogP contribution in [0.2, 0.25) is 0 Å². The fourth-order valence-electron chi connectivity index (χ4n) is 2.32. The molecule has 0 radical (unpaired) electrons. The summed E-state index contributed by atoms with van der Waals surface area (Å²) in [5.74, 6) is 0.654. The Kier molecular flexibility index (Phi) is 5.24. The lowest BCUT2D eigenvalue weighted by Gasteiger charge is -2.22. The summed E-state index contributed by atoms with van der Waals surface area (Å²) in [5, 5.41) is 3.66. The monoisotopic (exact) mass is 331 g/mol. The van der Waals surface area contributed by atoms with Gasteiger partial charge in [-0.15, -0.1) is 0 Å². The summed E-state index contributed by atoms with van der Waals surface area (Å²) in [6.45, 7) is 6.64. The molecule has 20 heavy (non-hydrogen) atoms. The van der Waals surface area contributed by atoms with Crippen LogP contribution in [-0.2, 0) is 0 Å². The predicted molar refractivity (Wildman–Crippen MR) is 91.1 cm³/mol. The SMILES string of the molecule is Cc1ccc(NC(CC(C)C)c2ccccc2)cc1Br. The lowest BCUT2D eigenvalue weighted by molar-refractivity contribution is 0.531. The van der Waals surface area contributed by atoms with Gasteiger partial charge in [-0.3, -0.25) is 0 Å². The first-order chi connectivity index (χ1) is 9.56. The summed E-state index contributed by atoms with van der Waals surface area (Å²) >= 11 is 3.60. The first kappa shape index (κ1) is 15.1. The Morgan fingerprint density at radius 2 is 1.75 bits per heavy atom. The Morgan fingerprint density at radius 3 is 2.35 bits per heavy atom. The smallest absolute Gasteiger partial charge is 0.0516 e. The van der Waals surface area contributed by atoms with Gasteiger partial charge in [0.25, 0.3) is 0 Å². The number of anilines is 1. The highest BCUT2D eigenvalue weighted by molar-refractivity contribution is 9.10. The van der Waals surface area contributed by atoms with Gasteiger partial charge in [-0.05, 0) is 42.5 Å². The van der Waals surface area contributed by atoms with Crippen molar-refractivity contribution in [3.63, 3.8) is 0 Å². The number of nitrogens with one attached hydrogen (secondary N) is 1. The molecule has 1 nitrogen and oxygen atoms in total. The van der Waals surface area contributed by atoms with Crippen molar-refractivity contribution < 1.29 is 0 Å². The zero-order valence-electron chi connectivity index (χ0n) is 12.4. The molecule has 1 N–H and O–H groups in total. The van der Waals surface area contributed by atoms with E-state index in [1.807, 2.05) is 0 Å². The molecule has 2 rings (SSSR count). The van der Waals surface area contributed by atoms with Gasteiger partial charge in [0, 0.05) is 10.2 Å². The van der Waals surface area contributed by atoms with Crippen LogP contribution < -0.4 is 5.32 Å². The van der Waals surface area contributed by atoms with Gasteiger partial charge in [0.2, 0.25) is 0 Å². The molecule has 0 aliphatic rings. The highest BCUT2D eigenvalue weighted by Gasteiger charge is 2.13. The normalized spacial score (nSPS) is 12.4. The second-order valence-electron chi connectivity index (χ2n) is 5.70. The standard InChI is InChI=1S/C18H22BrN/c1-13(2)11-18(15-7-5-4-6-8-15)20-16-10-9-14(3)17(19)12-16/h4-10,12-13,18,20H,11H2,1-3H3. The van der Waals surface area contributed by atoms with Gasteiger partial charge in [-0.25, -0.2) is 0 Å². The third-order valence-corrected chi connectivity index (χ3v) is 4.28. The largest absolute Gasteiger partial charge is 0.378 e. The molecule has 2 aromatic carbocycles. The van der Waals surface area contributed by atoms with Gasteiger partial charge >= 0.3 is 0 Å². The van der Waals surface area contributed by atoms with Gasteiger partial charge < -0.3 is 5.32 Å². The maximum atomic E-state index is 3.66. The van der Waals surface area contributed by atoms with Gasteiger partial charge in [-0.2, -0.15) is 0 Å². The van der Waals surface area contributed by atoms with Gasteiger partial charge in [-0.1, -0.05) is 66.2 Å². The second-order valence-corrected chi connectivity index (χ2v) is 6.56. The third-order valence-electron chi connectivity index (χ3n) is 3.42. The highest BCUT2D eigenvalue weighted by Crippen LogP contribution is 2.28. The molecule has 0 aromatic heterocycles. The molecule has 106 valence electrons. The van der Waals surface area contributed by atoms with E-state index in [2.05, 4.69) is 90.5 Å². The molecule has 0 saturated carbocycles. The highest BCUT2D eigenvalue weighted by atomic mass is 79.9. The van der Waals surface area contributed by atoms with Gasteiger partial charge in [0.05, 0.1) is 6.04 Å². The van der Waals surface area contributed by atoms with E-state index in [0.29, 0.717) is 12.0 Å². The Bertz CT molecular complexity index is 549. The van der Waals surface area contributed by atoms with Crippen molar-refractivity contribution in [2.75, 3.05) is 5.32 Å². The Hall–Kier alpha value is -1.28. The van der Waals surface area contributed by atoms with E-state index in [1.165, 1.54) is 11.1 Å². The number of aryl methyl sites for hydroxylation is 1. The number of rotatable bonds is 5. The number of hydrogen-bond acceptors (Lipinski definition) is 1. The first-order valence-corrected chi connectivity index (χ1v) is 7.93. The molecule has 0 aliphatic heterocycles. The van der Waals surface area contributed by atoms with Crippen LogP contribution in [0, 0.1) is 12.8 Å². The molecule has 0 spiro atoms. The van der Waals surface area contributed by atoms with Crippen molar-refractivity contribution in [3.05, 3.63) is 64.1 Å². The summed E-state index contributed by atoms with van der Waals surface area (Å²) in [5.41, 5.74) is 3.77. The topological polar surface area (TPSA) is 12.0 Å². The van der Waals surface area contributed by atoms with Crippen LogP contribution >= 0.6 is 15.9 Å². The molecule has 0 heterocycles. The van der Waals surface area contributed by atoms with E-state index in [4.69, 9.17) is 0 Å². The maximum absolute atomic E-state index is 3.66. The zero-order valence-corrected chi connectivity index (χ0v) is 13.9. The summed E-state index contributed by atoms with van der Waals surface area (Å²) in [6, 6.07) is 17.5. The minimum atomic E-state index is 0.353. The molecular formula is C18H22BrN. The minimum absolute atomic E-state index is 0.353. The number of halogens is 1. The van der Waals surface area contributed by atoms with Crippen molar-refractivity contribution in [2.24, 2.45) is 5.92 Å². The molecule has 0 bridgehead atoms. The average molecular weight is 332 g/mol. The van der Waals surface area contributed by atoms with Gasteiger partial charge in [0.1, 0.15) is 0 Å². The molecular weight excluding hydrogens is 310 g/mol. The molecule has 1 unspecified atom stereocenters. The molecule has 0 aliphatic carbocycles. The first-order valence-electron chi connectivity index (χ1n) is 7.14. The van der Waals surface area contributed by atoms with Crippen molar-refractivity contribution in [3.8, 4) is 0 Å². The van der Waals surface area contributed by atoms with Crippen molar-refractivity contribution in [1.82, 2.24) is 0 Å². The molecule has 0 amide bonds. The molecule has 2 aromatic rings. The second kappa shape index (κ2) is 6.94. The summed E-state index contributed by atoms with van der Waals surface area (Å²) < 4.78 is 1.15. The third kappa shape index (κ3) is 4.11. The fraction of sp³-hybridized carbons (Fsp3) is 0.333. The Morgan fingerprint density at radius 1 is 1.05 bits per heavy atom. The quantitative estimate of drug-likeness (QED) is 0.713. The van der Waals surface area contributed by atoms with E-state index in [0.717, 1.165) is 16.6 Å². The summed E-state index contributed by atoms with van der Waals surface area (Å²) in [7, 11) is 0. The Balaban J connectivity index is 2.21. The van der Waals surface area contributed by atoms with E-state index < -0.39 is 0 Å². The predicted octanol–water partition coefficient (Wildman–Crippen LogP) is 5.96. The molecule has 0 saturated heterocycles. The van der Waals surface area contributed by atoms with Crippen LogP contribution in [0.1, 0.15) is 37.4 Å². The van der Waals surface area contributed by atoms with Crippen molar-refractivity contribution in [2.45, 2.75) is 33.2 Å². The van der Waals surface area contributed by atoms with Crippen LogP contribution in [0.3, 0.4) is 0 Å². The van der Waals surface area contributed by atoms with Crippen molar-refractivity contribution in [1.29, 1.82) is 0 Å². The maximum Gasteiger partial charge on any atom is 0.0516 e. The fourth-order valence-corrected chi connectivity index (χ4v) is 2.70. The van der Waals surface area contributed by atoms with Crippen LogP contribution in [0.5, 0.6) is 0 Å². The Labute approximate surface area is 130 Å². The van der Waals surface area contributed by atoms with E-state index in [9.17, 15) is 0 Å². The number of benzene rings is 2.